The molecule has 1 unspecified atom stereocenters. The fourth-order valence-corrected chi connectivity index (χ4v) is 1.17. The Labute approximate surface area is 84.6 Å². The number of nitrogens with two attached hydrogens (primary N) is 1. The molecule has 0 fully saturated rings. The topological polar surface area (TPSA) is 120 Å². The standard InChI is InChI=1S/C8H10N2O5/c9-4-5(3-8(11)12)6-1-2-7(15-6)10(13)14/h1-2,5H,3-4,9H2,(H,11,12). The highest BCUT2D eigenvalue weighted by atomic mass is 16.6. The SMILES string of the molecule is NCC(CC(=O)O)c1ccc([N+](=O)[O-])o1. The molecule has 1 aromatic heterocycles. The summed E-state index contributed by atoms with van der Waals surface area (Å²) in [6, 6.07) is 2.55. The normalized spacial score (nSPS) is 12.3. The molecule has 7 heteroatoms. The summed E-state index contributed by atoms with van der Waals surface area (Å²) in [5.74, 6) is -1.74. The number of rotatable bonds is 5. The van der Waals surface area contributed by atoms with E-state index in [0.717, 1.165) is 0 Å². The zero-order valence-electron chi connectivity index (χ0n) is 7.75. The highest BCUT2D eigenvalue weighted by Gasteiger charge is 2.20. The van der Waals surface area contributed by atoms with Crippen LogP contribution in [0.2, 0.25) is 0 Å². The van der Waals surface area contributed by atoms with Crippen LogP contribution in [0.4, 0.5) is 5.88 Å². The van der Waals surface area contributed by atoms with Crippen molar-refractivity contribution in [1.82, 2.24) is 0 Å². The number of hydrogen-bond acceptors (Lipinski definition) is 5. The Hall–Kier alpha value is -1.89. The monoisotopic (exact) mass is 214 g/mol. The van der Waals surface area contributed by atoms with E-state index in [1.165, 1.54) is 12.1 Å². The lowest BCUT2D eigenvalue weighted by atomic mass is 10.0. The summed E-state index contributed by atoms with van der Waals surface area (Å²) in [6.45, 7) is 0.0664. The van der Waals surface area contributed by atoms with Gasteiger partial charge in [0.1, 0.15) is 10.7 Å². The quantitative estimate of drug-likeness (QED) is 0.550. The maximum Gasteiger partial charge on any atom is 0.433 e. The number of carboxylic acid groups (broad SMARTS) is 1. The van der Waals surface area contributed by atoms with E-state index in [2.05, 4.69) is 0 Å². The van der Waals surface area contributed by atoms with Gasteiger partial charge in [0.2, 0.25) is 0 Å². The second kappa shape index (κ2) is 4.56. The molecule has 1 rings (SSSR count). The number of carboxylic acids is 1. The van der Waals surface area contributed by atoms with E-state index in [4.69, 9.17) is 15.3 Å². The minimum atomic E-state index is -1.02. The largest absolute Gasteiger partial charge is 0.481 e. The van der Waals surface area contributed by atoms with E-state index in [1.807, 2.05) is 0 Å². The van der Waals surface area contributed by atoms with Gasteiger partial charge >= 0.3 is 11.9 Å². The molecule has 1 atom stereocenters. The predicted octanol–water partition coefficient (Wildman–Crippen LogP) is 0.705. The van der Waals surface area contributed by atoms with Gasteiger partial charge in [-0.3, -0.25) is 14.9 Å². The minimum Gasteiger partial charge on any atom is -0.481 e. The fraction of sp³-hybridized carbons (Fsp3) is 0.375. The van der Waals surface area contributed by atoms with Crippen molar-refractivity contribution in [2.75, 3.05) is 6.54 Å². The van der Waals surface area contributed by atoms with Gasteiger partial charge in [-0.05, 0) is 6.07 Å². The third-order valence-electron chi connectivity index (χ3n) is 1.90. The van der Waals surface area contributed by atoms with Crippen LogP contribution >= 0.6 is 0 Å². The lowest BCUT2D eigenvalue weighted by molar-refractivity contribution is -0.402. The fourth-order valence-electron chi connectivity index (χ4n) is 1.17. The smallest absolute Gasteiger partial charge is 0.433 e. The van der Waals surface area contributed by atoms with Gasteiger partial charge in [-0.25, -0.2) is 0 Å². The number of nitro groups is 1. The molecule has 15 heavy (non-hydrogen) atoms. The molecule has 0 aliphatic heterocycles. The van der Waals surface area contributed by atoms with Crippen LogP contribution in [0.1, 0.15) is 18.1 Å². The van der Waals surface area contributed by atoms with Crippen LogP contribution in [0.5, 0.6) is 0 Å². The van der Waals surface area contributed by atoms with E-state index in [9.17, 15) is 14.9 Å². The molecule has 0 amide bonds. The molecule has 0 aliphatic rings. The zero-order valence-corrected chi connectivity index (χ0v) is 7.75. The van der Waals surface area contributed by atoms with Gasteiger partial charge in [-0.2, -0.15) is 0 Å². The second-order valence-electron chi connectivity index (χ2n) is 2.96. The molecule has 0 spiro atoms. The summed E-state index contributed by atoms with van der Waals surface area (Å²) in [6.07, 6.45) is -0.207. The van der Waals surface area contributed by atoms with Crippen LogP contribution in [0.3, 0.4) is 0 Å². The van der Waals surface area contributed by atoms with Crippen molar-refractivity contribution < 1.29 is 19.2 Å². The maximum atomic E-state index is 10.5. The molecule has 82 valence electrons. The Morgan fingerprint density at radius 3 is 2.73 bits per heavy atom. The summed E-state index contributed by atoms with van der Waals surface area (Å²) < 4.78 is 4.86. The van der Waals surface area contributed by atoms with Gasteiger partial charge in [-0.15, -0.1) is 0 Å². The van der Waals surface area contributed by atoms with Crippen molar-refractivity contribution in [2.45, 2.75) is 12.3 Å². The number of carbonyl (C=O) groups is 1. The first kappa shape index (κ1) is 11.2. The molecule has 0 aliphatic carbocycles. The van der Waals surface area contributed by atoms with E-state index in [0.29, 0.717) is 0 Å². The van der Waals surface area contributed by atoms with Crippen LogP contribution in [-0.4, -0.2) is 22.5 Å². The molecular formula is C8H10N2O5. The molecule has 1 heterocycles. The molecule has 0 bridgehead atoms. The summed E-state index contributed by atoms with van der Waals surface area (Å²) in [7, 11) is 0. The Morgan fingerprint density at radius 2 is 2.33 bits per heavy atom. The highest BCUT2D eigenvalue weighted by Crippen LogP contribution is 2.24. The number of aliphatic carboxylic acids is 1. The summed E-state index contributed by atoms with van der Waals surface area (Å²) in [5, 5.41) is 18.9. The minimum absolute atomic E-state index is 0.0664. The molecule has 0 saturated carbocycles. The lowest BCUT2D eigenvalue weighted by Gasteiger charge is -2.07. The Kier molecular flexibility index (Phi) is 3.40. The van der Waals surface area contributed by atoms with Crippen molar-refractivity contribution in [3.8, 4) is 0 Å². The summed E-state index contributed by atoms with van der Waals surface area (Å²) in [4.78, 5) is 20.1. The van der Waals surface area contributed by atoms with Crippen molar-refractivity contribution in [2.24, 2.45) is 5.73 Å². The van der Waals surface area contributed by atoms with Gasteiger partial charge in [-0.1, -0.05) is 0 Å². The van der Waals surface area contributed by atoms with Crippen LogP contribution in [0.25, 0.3) is 0 Å². The number of nitrogens with zero attached hydrogens (tertiary/aromatic N) is 1. The molecule has 0 saturated heterocycles. The first-order valence-corrected chi connectivity index (χ1v) is 4.20. The summed E-state index contributed by atoms with van der Waals surface area (Å²) >= 11 is 0. The average molecular weight is 214 g/mol. The van der Waals surface area contributed by atoms with Gasteiger partial charge in [0.15, 0.2) is 0 Å². The number of hydrogen-bond donors (Lipinski definition) is 2. The summed E-state index contributed by atoms with van der Waals surface area (Å²) in [5.41, 5.74) is 5.35. The first-order chi connectivity index (χ1) is 7.04. The Morgan fingerprint density at radius 1 is 1.67 bits per heavy atom. The molecule has 3 N–H and O–H groups in total. The van der Waals surface area contributed by atoms with Gasteiger partial charge in [0, 0.05) is 12.5 Å². The zero-order chi connectivity index (χ0) is 11.4. The molecule has 0 aromatic carbocycles. The maximum absolute atomic E-state index is 10.5. The highest BCUT2D eigenvalue weighted by molar-refractivity contribution is 5.67. The van der Waals surface area contributed by atoms with Gasteiger partial charge < -0.3 is 15.3 Å². The van der Waals surface area contributed by atoms with E-state index < -0.39 is 22.7 Å². The van der Waals surface area contributed by atoms with Crippen molar-refractivity contribution in [1.29, 1.82) is 0 Å². The van der Waals surface area contributed by atoms with Gasteiger partial charge in [0.25, 0.3) is 0 Å². The predicted molar refractivity (Wildman–Crippen MR) is 49.4 cm³/mol. The average Bonchev–Trinajstić information content (AvgIpc) is 2.62. The molecule has 7 nitrogen and oxygen atoms in total. The van der Waals surface area contributed by atoms with E-state index >= 15 is 0 Å². The Balaban J connectivity index is 2.83. The van der Waals surface area contributed by atoms with Crippen LogP contribution in [-0.2, 0) is 4.79 Å². The molecule has 0 radical (unpaired) electrons. The van der Waals surface area contributed by atoms with Crippen LogP contribution < -0.4 is 5.73 Å². The molecular weight excluding hydrogens is 204 g/mol. The lowest BCUT2D eigenvalue weighted by Crippen LogP contribution is -2.15. The first-order valence-electron chi connectivity index (χ1n) is 4.20. The van der Waals surface area contributed by atoms with Gasteiger partial charge in [0.05, 0.1) is 12.5 Å². The Bertz CT molecular complexity index is 373. The van der Waals surface area contributed by atoms with E-state index in [1.54, 1.807) is 0 Å². The van der Waals surface area contributed by atoms with Crippen molar-refractivity contribution >= 4 is 11.9 Å². The third kappa shape index (κ3) is 2.78. The van der Waals surface area contributed by atoms with Crippen LogP contribution in [0.15, 0.2) is 16.5 Å². The van der Waals surface area contributed by atoms with Crippen molar-refractivity contribution in [3.05, 3.63) is 28.0 Å². The second-order valence-corrected chi connectivity index (χ2v) is 2.96. The van der Waals surface area contributed by atoms with E-state index in [-0.39, 0.29) is 18.7 Å². The number of furan rings is 1. The molecule has 1 aromatic rings. The van der Waals surface area contributed by atoms with Crippen molar-refractivity contribution in [3.63, 3.8) is 0 Å². The third-order valence-corrected chi connectivity index (χ3v) is 1.90. The van der Waals surface area contributed by atoms with Crippen LogP contribution in [0, 0.1) is 10.1 Å².